The zero-order chi connectivity index (χ0) is 15.8. The average Bonchev–Trinajstić information content (AvgIpc) is 2.27. The molecular weight excluding hydrogens is 276 g/mol. The van der Waals surface area contributed by atoms with Crippen LogP contribution in [-0.4, -0.2) is 28.3 Å². The second kappa shape index (κ2) is 8.79. The van der Waals surface area contributed by atoms with E-state index < -0.39 is 4.87 Å². The highest BCUT2D eigenvalue weighted by atomic mass is 32.2. The van der Waals surface area contributed by atoms with Gasteiger partial charge in [-0.2, -0.15) is 0 Å². The summed E-state index contributed by atoms with van der Waals surface area (Å²) in [6.07, 6.45) is 1.95. The Morgan fingerprint density at radius 1 is 1.10 bits per heavy atom. The Kier molecular flexibility index (Phi) is 8.22. The molecule has 0 aliphatic carbocycles. The van der Waals surface area contributed by atoms with Gasteiger partial charge in [-0.15, -0.1) is 0 Å². The van der Waals surface area contributed by atoms with Crippen LogP contribution in [0.2, 0.25) is 0 Å². The minimum atomic E-state index is -0.695. The fraction of sp³-hybridized carbons (Fsp3) is 0.643. The number of carbonyl (C=O) groups excluding carboxylic acids is 3. The first-order valence-corrected chi connectivity index (χ1v) is 7.46. The van der Waals surface area contributed by atoms with Gasteiger partial charge in [0.05, 0.1) is 4.87 Å². The highest BCUT2D eigenvalue weighted by Gasteiger charge is 2.33. The zero-order valence-electron chi connectivity index (χ0n) is 12.7. The molecule has 0 aliphatic rings. The third kappa shape index (κ3) is 7.33. The van der Waals surface area contributed by atoms with Gasteiger partial charge in [0.2, 0.25) is 16.9 Å². The van der Waals surface area contributed by atoms with Gasteiger partial charge >= 0.3 is 0 Å². The van der Waals surface area contributed by atoms with Crippen molar-refractivity contribution in [2.24, 2.45) is 0 Å². The van der Waals surface area contributed by atoms with Gasteiger partial charge in [0.15, 0.2) is 0 Å². The summed E-state index contributed by atoms with van der Waals surface area (Å²) in [4.78, 5) is 33.6. The Balaban J connectivity index is 5.01. The van der Waals surface area contributed by atoms with Crippen LogP contribution in [0, 0.1) is 0 Å². The minimum absolute atomic E-state index is 0.130. The molecule has 0 aromatic carbocycles. The minimum Gasteiger partial charge on any atom is -0.356 e. The van der Waals surface area contributed by atoms with Gasteiger partial charge in [-0.05, 0) is 25.3 Å². The van der Waals surface area contributed by atoms with Gasteiger partial charge in [-0.25, -0.2) is 0 Å². The van der Waals surface area contributed by atoms with Crippen molar-refractivity contribution in [2.45, 2.75) is 51.8 Å². The molecular formula is C14H24N2O3S. The van der Waals surface area contributed by atoms with E-state index in [0.29, 0.717) is 25.0 Å². The van der Waals surface area contributed by atoms with E-state index in [-0.39, 0.29) is 16.9 Å². The van der Waals surface area contributed by atoms with Crippen LogP contribution in [0.5, 0.6) is 0 Å². The predicted octanol–water partition coefficient (Wildman–Crippen LogP) is 1.98. The number of thioether (sulfide) groups is 1. The molecule has 0 aliphatic heterocycles. The molecule has 0 fully saturated rings. The first kappa shape index (κ1) is 18.7. The lowest BCUT2D eigenvalue weighted by Crippen LogP contribution is -2.47. The van der Waals surface area contributed by atoms with Crippen LogP contribution in [0.4, 0.5) is 0 Å². The molecule has 1 unspecified atom stereocenters. The number of carbonyl (C=O) groups is 3. The third-order valence-corrected chi connectivity index (χ3v) is 4.03. The number of rotatable bonds is 8. The van der Waals surface area contributed by atoms with Gasteiger partial charge in [0, 0.05) is 20.4 Å². The van der Waals surface area contributed by atoms with Crippen LogP contribution in [0.15, 0.2) is 12.2 Å². The molecule has 0 bridgehead atoms. The molecule has 0 saturated carbocycles. The smallest absolute Gasteiger partial charge is 0.217 e. The number of hydrogen-bond donors (Lipinski definition) is 2. The predicted molar refractivity (Wildman–Crippen MR) is 82.2 cm³/mol. The van der Waals surface area contributed by atoms with Crippen molar-refractivity contribution >= 4 is 28.7 Å². The highest BCUT2D eigenvalue weighted by Crippen LogP contribution is 2.33. The molecule has 0 saturated heterocycles. The van der Waals surface area contributed by atoms with Gasteiger partial charge in [0.1, 0.15) is 0 Å². The van der Waals surface area contributed by atoms with Crippen LogP contribution >= 0.6 is 11.8 Å². The molecule has 5 nitrogen and oxygen atoms in total. The Morgan fingerprint density at radius 3 is 2.10 bits per heavy atom. The summed E-state index contributed by atoms with van der Waals surface area (Å²) in [6.45, 7) is 10.5. The van der Waals surface area contributed by atoms with Crippen molar-refractivity contribution in [3.8, 4) is 0 Å². The molecule has 0 rings (SSSR count). The van der Waals surface area contributed by atoms with E-state index in [2.05, 4.69) is 17.2 Å². The van der Waals surface area contributed by atoms with Crippen LogP contribution in [0.3, 0.4) is 0 Å². The lowest BCUT2D eigenvalue weighted by atomic mass is 10.1. The van der Waals surface area contributed by atoms with Crippen molar-refractivity contribution < 1.29 is 14.4 Å². The monoisotopic (exact) mass is 300 g/mol. The molecule has 2 amide bonds. The Hall–Kier alpha value is -1.30. The second-order valence-corrected chi connectivity index (χ2v) is 6.18. The fourth-order valence-corrected chi connectivity index (χ4v) is 3.04. The van der Waals surface area contributed by atoms with E-state index in [1.807, 2.05) is 6.92 Å². The van der Waals surface area contributed by atoms with Gasteiger partial charge in [-0.1, -0.05) is 31.7 Å². The topological polar surface area (TPSA) is 75.3 Å². The number of hydrogen-bond acceptors (Lipinski definition) is 4. The summed E-state index contributed by atoms with van der Waals surface area (Å²) >= 11 is 1.08. The molecule has 0 radical (unpaired) electrons. The summed E-state index contributed by atoms with van der Waals surface area (Å²) < 4.78 is 0. The normalized spacial score (nSPS) is 13.2. The Morgan fingerprint density at radius 2 is 1.70 bits per heavy atom. The van der Waals surface area contributed by atoms with E-state index in [1.54, 1.807) is 6.92 Å². The molecule has 114 valence electrons. The number of amides is 2. The van der Waals surface area contributed by atoms with Crippen molar-refractivity contribution in [1.82, 2.24) is 10.6 Å². The molecule has 0 aromatic rings. The first-order chi connectivity index (χ1) is 9.22. The van der Waals surface area contributed by atoms with E-state index in [0.717, 1.165) is 18.2 Å². The molecule has 6 heteroatoms. The van der Waals surface area contributed by atoms with Crippen molar-refractivity contribution in [3.63, 3.8) is 0 Å². The zero-order valence-corrected chi connectivity index (χ0v) is 13.5. The van der Waals surface area contributed by atoms with Gasteiger partial charge in [0.25, 0.3) is 0 Å². The largest absolute Gasteiger partial charge is 0.356 e. The summed E-state index contributed by atoms with van der Waals surface area (Å²) in [6, 6.07) is 0. The van der Waals surface area contributed by atoms with Crippen LogP contribution in [0.1, 0.15) is 47.0 Å². The summed E-state index contributed by atoms with van der Waals surface area (Å²) in [5, 5.41) is 5.42. The van der Waals surface area contributed by atoms with E-state index in [1.165, 1.54) is 13.8 Å². The lowest BCUT2D eigenvalue weighted by Gasteiger charge is -2.33. The molecule has 20 heavy (non-hydrogen) atoms. The third-order valence-electron chi connectivity index (χ3n) is 2.60. The van der Waals surface area contributed by atoms with Crippen molar-refractivity contribution in [3.05, 3.63) is 12.2 Å². The molecule has 1 atom stereocenters. The van der Waals surface area contributed by atoms with E-state index in [9.17, 15) is 14.4 Å². The van der Waals surface area contributed by atoms with E-state index in [4.69, 9.17) is 0 Å². The molecule has 0 aromatic heterocycles. The maximum Gasteiger partial charge on any atom is 0.217 e. The lowest BCUT2D eigenvalue weighted by molar-refractivity contribution is -0.120. The second-order valence-electron chi connectivity index (χ2n) is 4.83. The summed E-state index contributed by atoms with van der Waals surface area (Å²) in [7, 11) is 0. The summed E-state index contributed by atoms with van der Waals surface area (Å²) in [5.74, 6) is -0.322. The maximum atomic E-state index is 11.9. The standard InChI is InChI=1S/C14H24N2O3S/c1-6-7-14(16-12(5)18,8-9-15-11(4)17)20-13(19)10(2)3/h2,6-9H2,1,3-5H3,(H,15,17)(H,16,18). The maximum absolute atomic E-state index is 11.9. The average molecular weight is 300 g/mol. The highest BCUT2D eigenvalue weighted by molar-refractivity contribution is 8.15. The molecule has 0 heterocycles. The van der Waals surface area contributed by atoms with Crippen molar-refractivity contribution in [2.75, 3.05) is 6.54 Å². The Bertz CT molecular complexity index is 396. The SMILES string of the molecule is C=C(C)C(=O)SC(CCC)(CCNC(C)=O)NC(C)=O. The van der Waals surface area contributed by atoms with Crippen LogP contribution in [-0.2, 0) is 14.4 Å². The van der Waals surface area contributed by atoms with Gasteiger partial charge in [-0.3, -0.25) is 14.4 Å². The Labute approximate surface area is 125 Å². The quantitative estimate of drug-likeness (QED) is 0.531. The van der Waals surface area contributed by atoms with Crippen LogP contribution in [0.25, 0.3) is 0 Å². The first-order valence-electron chi connectivity index (χ1n) is 6.64. The number of nitrogens with one attached hydrogen (secondary N) is 2. The molecule has 2 N–H and O–H groups in total. The van der Waals surface area contributed by atoms with Gasteiger partial charge < -0.3 is 10.6 Å². The van der Waals surface area contributed by atoms with Crippen molar-refractivity contribution in [1.29, 1.82) is 0 Å². The molecule has 0 spiro atoms. The fourth-order valence-electron chi connectivity index (χ4n) is 1.81. The van der Waals surface area contributed by atoms with Crippen LogP contribution < -0.4 is 10.6 Å². The summed E-state index contributed by atoms with van der Waals surface area (Å²) in [5.41, 5.74) is 0.445. The van der Waals surface area contributed by atoms with E-state index >= 15 is 0 Å².